The summed E-state index contributed by atoms with van der Waals surface area (Å²) >= 11 is 0. The van der Waals surface area contributed by atoms with Crippen molar-refractivity contribution >= 4 is 17.7 Å². The van der Waals surface area contributed by atoms with Crippen molar-refractivity contribution in [3.8, 4) is 17.1 Å². The molecule has 1 fully saturated rings. The number of aryl methyl sites for hydroxylation is 1. The Labute approximate surface area is 175 Å². The summed E-state index contributed by atoms with van der Waals surface area (Å²) in [4.78, 5) is 21.0. The van der Waals surface area contributed by atoms with Crippen LogP contribution in [0.25, 0.3) is 17.5 Å². The van der Waals surface area contributed by atoms with E-state index in [1.165, 1.54) is 0 Å². The van der Waals surface area contributed by atoms with E-state index in [0.717, 1.165) is 35.7 Å². The zero-order chi connectivity index (χ0) is 20.9. The summed E-state index contributed by atoms with van der Waals surface area (Å²) in [7, 11) is 1.63. The van der Waals surface area contributed by atoms with E-state index < -0.39 is 0 Å². The lowest BCUT2D eigenvalue weighted by molar-refractivity contribution is -0.126. The number of rotatable bonds is 5. The molecule has 1 aromatic heterocycles. The Hall–Kier alpha value is -3.61. The van der Waals surface area contributed by atoms with E-state index in [0.29, 0.717) is 24.8 Å². The lowest BCUT2D eigenvalue weighted by atomic mass is 10.1. The Morgan fingerprint density at radius 2 is 1.80 bits per heavy atom. The van der Waals surface area contributed by atoms with Crippen molar-refractivity contribution in [3.05, 3.63) is 66.1 Å². The van der Waals surface area contributed by atoms with Crippen LogP contribution >= 0.6 is 0 Å². The van der Waals surface area contributed by atoms with Gasteiger partial charge in [-0.25, -0.2) is 0 Å². The summed E-state index contributed by atoms with van der Waals surface area (Å²) in [5.74, 6) is 1.92. The number of anilines is 1. The second-order valence-electron chi connectivity index (χ2n) is 7.07. The van der Waals surface area contributed by atoms with Gasteiger partial charge < -0.3 is 19.1 Å². The smallest absolute Gasteiger partial charge is 0.246 e. The lowest BCUT2D eigenvalue weighted by Gasteiger charge is -2.35. The lowest BCUT2D eigenvalue weighted by Crippen LogP contribution is -2.48. The molecule has 0 aliphatic carbocycles. The van der Waals surface area contributed by atoms with Gasteiger partial charge in [-0.1, -0.05) is 23.4 Å². The highest BCUT2D eigenvalue weighted by atomic mass is 16.5. The molecule has 30 heavy (non-hydrogen) atoms. The van der Waals surface area contributed by atoms with E-state index in [4.69, 9.17) is 9.26 Å². The highest BCUT2D eigenvalue weighted by Gasteiger charge is 2.20. The van der Waals surface area contributed by atoms with Gasteiger partial charge in [-0.05, 0) is 36.4 Å². The molecule has 0 spiro atoms. The van der Waals surface area contributed by atoms with Gasteiger partial charge in [0, 0.05) is 56.0 Å². The number of nitrogens with zero attached hydrogens (tertiary/aromatic N) is 4. The highest BCUT2D eigenvalue weighted by Crippen LogP contribution is 2.23. The van der Waals surface area contributed by atoms with E-state index in [9.17, 15) is 4.79 Å². The van der Waals surface area contributed by atoms with Gasteiger partial charge in [0.1, 0.15) is 5.75 Å². The number of ether oxygens (including phenoxy) is 1. The van der Waals surface area contributed by atoms with Crippen molar-refractivity contribution in [2.75, 3.05) is 38.2 Å². The predicted octanol–water partition coefficient (Wildman–Crippen LogP) is 3.42. The zero-order valence-corrected chi connectivity index (χ0v) is 17.1. The Balaban J connectivity index is 1.34. The molecule has 154 valence electrons. The van der Waals surface area contributed by atoms with Crippen LogP contribution in [0.1, 0.15) is 11.5 Å². The molecule has 0 unspecified atom stereocenters. The van der Waals surface area contributed by atoms with Crippen LogP contribution in [0.4, 0.5) is 5.69 Å². The molecule has 4 rings (SSSR count). The summed E-state index contributed by atoms with van der Waals surface area (Å²) in [6, 6.07) is 15.7. The van der Waals surface area contributed by atoms with Crippen LogP contribution in [0, 0.1) is 6.92 Å². The molecule has 1 aliphatic heterocycles. The fourth-order valence-electron chi connectivity index (χ4n) is 3.49. The van der Waals surface area contributed by atoms with Gasteiger partial charge >= 0.3 is 0 Å². The molecule has 0 atom stereocenters. The van der Waals surface area contributed by atoms with Crippen LogP contribution in [-0.4, -0.2) is 54.2 Å². The molecule has 2 aromatic carbocycles. The van der Waals surface area contributed by atoms with E-state index >= 15 is 0 Å². The van der Waals surface area contributed by atoms with Crippen molar-refractivity contribution in [2.24, 2.45) is 0 Å². The van der Waals surface area contributed by atoms with Gasteiger partial charge in [-0.2, -0.15) is 4.98 Å². The molecule has 2 heterocycles. The molecule has 7 nitrogen and oxygen atoms in total. The van der Waals surface area contributed by atoms with Gasteiger partial charge in [0.2, 0.25) is 17.6 Å². The Morgan fingerprint density at radius 1 is 1.07 bits per heavy atom. The molecule has 1 saturated heterocycles. The average Bonchev–Trinajstić information content (AvgIpc) is 3.24. The molecule has 3 aromatic rings. The minimum Gasteiger partial charge on any atom is -0.496 e. The molecule has 7 heteroatoms. The minimum absolute atomic E-state index is 0.0170. The molecule has 0 N–H and O–H groups in total. The monoisotopic (exact) mass is 404 g/mol. The number of benzene rings is 2. The number of carbonyl (C=O) groups is 1. The summed E-state index contributed by atoms with van der Waals surface area (Å²) in [6.07, 6.45) is 3.43. The fraction of sp³-hybridized carbons (Fsp3) is 0.261. The highest BCUT2D eigenvalue weighted by molar-refractivity contribution is 5.92. The van der Waals surface area contributed by atoms with Crippen LogP contribution in [0.3, 0.4) is 0 Å². The molecule has 0 radical (unpaired) electrons. The normalized spacial score (nSPS) is 14.3. The quantitative estimate of drug-likeness (QED) is 0.607. The second-order valence-corrected chi connectivity index (χ2v) is 7.07. The van der Waals surface area contributed by atoms with E-state index in [1.807, 2.05) is 47.4 Å². The summed E-state index contributed by atoms with van der Waals surface area (Å²) < 4.78 is 10.4. The average molecular weight is 404 g/mol. The maximum Gasteiger partial charge on any atom is 0.246 e. The molecular formula is C23H24N4O3. The third-order valence-electron chi connectivity index (χ3n) is 5.15. The number of carbonyl (C=O) groups excluding carboxylic acids is 1. The predicted molar refractivity (Wildman–Crippen MR) is 115 cm³/mol. The first-order valence-electron chi connectivity index (χ1n) is 9.90. The molecule has 0 bridgehead atoms. The molecule has 0 saturated carbocycles. The summed E-state index contributed by atoms with van der Waals surface area (Å²) in [6.45, 7) is 4.71. The van der Waals surface area contributed by atoms with E-state index in [1.54, 1.807) is 20.1 Å². The van der Waals surface area contributed by atoms with Gasteiger partial charge in [0.25, 0.3) is 0 Å². The van der Waals surface area contributed by atoms with Crippen LogP contribution in [0.15, 0.2) is 59.1 Å². The number of methoxy groups -OCH3 is 1. The topological polar surface area (TPSA) is 71.7 Å². The Bertz CT molecular complexity index is 1030. The molecular weight excluding hydrogens is 380 g/mol. The van der Waals surface area contributed by atoms with Crippen LogP contribution in [-0.2, 0) is 4.79 Å². The standard InChI is InChI=1S/C23H24N4O3/c1-17-24-23(25-30-17)19-7-10-20(11-8-19)26-13-15-27(16-14-26)22(28)12-9-18-5-3-4-6-21(18)29-2/h3-12H,13-16H2,1-2H3/b12-9+. The number of para-hydroxylation sites is 1. The zero-order valence-electron chi connectivity index (χ0n) is 17.1. The van der Waals surface area contributed by atoms with Crippen LogP contribution < -0.4 is 9.64 Å². The molecule has 1 aliphatic rings. The summed E-state index contributed by atoms with van der Waals surface area (Å²) in [5.41, 5.74) is 2.94. The van der Waals surface area contributed by atoms with Gasteiger partial charge in [0.05, 0.1) is 7.11 Å². The number of amides is 1. The maximum absolute atomic E-state index is 12.6. The number of hydrogen-bond acceptors (Lipinski definition) is 6. The second kappa shape index (κ2) is 8.82. The Kier molecular flexibility index (Phi) is 5.79. The van der Waals surface area contributed by atoms with Crippen molar-refractivity contribution in [2.45, 2.75) is 6.92 Å². The number of aromatic nitrogens is 2. The van der Waals surface area contributed by atoms with Crippen LogP contribution in [0.5, 0.6) is 5.75 Å². The van der Waals surface area contributed by atoms with Crippen molar-refractivity contribution in [1.82, 2.24) is 15.0 Å². The maximum atomic E-state index is 12.6. The first-order valence-corrected chi connectivity index (χ1v) is 9.90. The van der Waals surface area contributed by atoms with E-state index in [-0.39, 0.29) is 5.91 Å². The Morgan fingerprint density at radius 3 is 2.47 bits per heavy atom. The SMILES string of the molecule is COc1ccccc1/C=C/C(=O)N1CCN(c2ccc(-c3noc(C)n3)cc2)CC1. The van der Waals surface area contributed by atoms with Gasteiger partial charge in [-0.15, -0.1) is 0 Å². The number of piperazine rings is 1. The molecule has 1 amide bonds. The van der Waals surface area contributed by atoms with Crippen molar-refractivity contribution in [1.29, 1.82) is 0 Å². The number of hydrogen-bond donors (Lipinski definition) is 0. The third kappa shape index (κ3) is 4.35. The van der Waals surface area contributed by atoms with E-state index in [2.05, 4.69) is 27.2 Å². The third-order valence-corrected chi connectivity index (χ3v) is 5.15. The van der Waals surface area contributed by atoms with Gasteiger partial charge in [-0.3, -0.25) is 4.79 Å². The van der Waals surface area contributed by atoms with Gasteiger partial charge in [0.15, 0.2) is 0 Å². The minimum atomic E-state index is 0.0170. The fourth-order valence-corrected chi connectivity index (χ4v) is 3.49. The summed E-state index contributed by atoms with van der Waals surface area (Å²) in [5, 5.41) is 3.95. The van der Waals surface area contributed by atoms with Crippen molar-refractivity contribution < 1.29 is 14.1 Å². The first-order chi connectivity index (χ1) is 14.6. The first kappa shape index (κ1) is 19.7. The largest absolute Gasteiger partial charge is 0.496 e. The van der Waals surface area contributed by atoms with Crippen LogP contribution in [0.2, 0.25) is 0 Å². The van der Waals surface area contributed by atoms with Crippen molar-refractivity contribution in [3.63, 3.8) is 0 Å².